The Balaban J connectivity index is 2.52. The second-order valence-corrected chi connectivity index (χ2v) is 3.67. The average Bonchev–Trinajstić information content (AvgIpc) is 2.20. The summed E-state index contributed by atoms with van der Waals surface area (Å²) in [7, 11) is 0. The Bertz CT molecular complexity index is 257. The molecule has 0 spiro atoms. The maximum Gasteiger partial charge on any atom is 0.107 e. The van der Waals surface area contributed by atoms with Crippen molar-refractivity contribution in [2.24, 2.45) is 5.11 Å². The fraction of sp³-hybridized carbons (Fsp3) is 0.800. The normalized spacial score (nSPS) is 19.4. The molecular weight excluding hydrogens is 178 g/mol. The zero-order valence-corrected chi connectivity index (χ0v) is 8.28. The quantitative estimate of drug-likeness (QED) is 0.222. The summed E-state index contributed by atoms with van der Waals surface area (Å²) in [4.78, 5) is 2.90. The van der Waals surface area contributed by atoms with Crippen LogP contribution in [0.3, 0.4) is 0 Å². The number of terminal acetylenes is 1. The highest BCUT2D eigenvalue weighted by Crippen LogP contribution is 2.32. The SMILES string of the molecule is C#CCOCC1(N=[N+]=[N-])CCCCC1. The minimum atomic E-state index is -0.330. The summed E-state index contributed by atoms with van der Waals surface area (Å²) in [6.07, 6.45) is 10.4. The molecule has 1 rings (SSSR count). The van der Waals surface area contributed by atoms with E-state index in [9.17, 15) is 0 Å². The van der Waals surface area contributed by atoms with E-state index in [2.05, 4.69) is 15.9 Å². The first kappa shape index (κ1) is 10.9. The molecule has 0 unspecified atom stereocenters. The van der Waals surface area contributed by atoms with Gasteiger partial charge >= 0.3 is 0 Å². The van der Waals surface area contributed by atoms with Gasteiger partial charge in [0.2, 0.25) is 0 Å². The lowest BCUT2D eigenvalue weighted by atomic mass is 9.83. The molecule has 0 amide bonds. The highest BCUT2D eigenvalue weighted by atomic mass is 16.5. The third kappa shape index (κ3) is 2.95. The lowest BCUT2D eigenvalue weighted by molar-refractivity contribution is 0.0888. The van der Waals surface area contributed by atoms with E-state index in [1.807, 2.05) is 0 Å². The van der Waals surface area contributed by atoms with Crippen LogP contribution < -0.4 is 0 Å². The highest BCUT2D eigenvalue weighted by molar-refractivity contribution is 4.92. The second kappa shape index (κ2) is 5.54. The number of rotatable bonds is 4. The Morgan fingerprint density at radius 1 is 1.43 bits per heavy atom. The van der Waals surface area contributed by atoms with E-state index < -0.39 is 0 Å². The van der Waals surface area contributed by atoms with Crippen LogP contribution in [0.25, 0.3) is 10.4 Å². The summed E-state index contributed by atoms with van der Waals surface area (Å²) in [5.41, 5.74) is 8.17. The first-order chi connectivity index (χ1) is 6.83. The first-order valence-corrected chi connectivity index (χ1v) is 4.90. The van der Waals surface area contributed by atoms with Crippen molar-refractivity contribution >= 4 is 0 Å². The molecule has 1 saturated carbocycles. The van der Waals surface area contributed by atoms with E-state index in [-0.39, 0.29) is 5.54 Å². The van der Waals surface area contributed by atoms with Crippen molar-refractivity contribution in [3.63, 3.8) is 0 Å². The van der Waals surface area contributed by atoms with Crippen LogP contribution in [-0.4, -0.2) is 18.8 Å². The summed E-state index contributed by atoms with van der Waals surface area (Å²) < 4.78 is 5.28. The molecule has 0 atom stereocenters. The van der Waals surface area contributed by atoms with Gasteiger partial charge < -0.3 is 4.74 Å². The predicted octanol–water partition coefficient (Wildman–Crippen LogP) is 2.65. The summed E-state index contributed by atoms with van der Waals surface area (Å²) in [6.45, 7) is 0.754. The smallest absolute Gasteiger partial charge is 0.107 e. The van der Waals surface area contributed by atoms with Crippen LogP contribution in [0.2, 0.25) is 0 Å². The molecule has 0 N–H and O–H groups in total. The number of hydrogen-bond donors (Lipinski definition) is 0. The maximum absolute atomic E-state index is 8.50. The average molecular weight is 193 g/mol. The minimum absolute atomic E-state index is 0.294. The van der Waals surface area contributed by atoms with Crippen LogP contribution in [0, 0.1) is 12.3 Å². The van der Waals surface area contributed by atoms with Gasteiger partial charge in [0.25, 0.3) is 0 Å². The largest absolute Gasteiger partial charge is 0.368 e. The van der Waals surface area contributed by atoms with Gasteiger partial charge in [0.05, 0.1) is 12.1 Å². The first-order valence-electron chi connectivity index (χ1n) is 4.90. The Morgan fingerprint density at radius 3 is 2.71 bits per heavy atom. The van der Waals surface area contributed by atoms with Crippen LogP contribution >= 0.6 is 0 Å². The monoisotopic (exact) mass is 193 g/mol. The number of nitrogens with zero attached hydrogens (tertiary/aromatic N) is 3. The van der Waals surface area contributed by atoms with Crippen LogP contribution in [0.4, 0.5) is 0 Å². The Labute approximate surface area is 84.3 Å². The Hall–Kier alpha value is -1.17. The van der Waals surface area contributed by atoms with Gasteiger partial charge in [-0.25, -0.2) is 0 Å². The molecule has 0 aromatic heterocycles. The standard InChI is InChI=1S/C10H15N3O/c1-2-8-14-9-10(12-13-11)6-4-3-5-7-10/h1H,3-9H2. The number of hydrogen-bond acceptors (Lipinski definition) is 2. The summed E-state index contributed by atoms with van der Waals surface area (Å²) in [5.74, 6) is 2.41. The molecule has 1 aliphatic carbocycles. The van der Waals surface area contributed by atoms with Gasteiger partial charge in [-0.3, -0.25) is 0 Å². The van der Waals surface area contributed by atoms with Crippen LogP contribution in [0.15, 0.2) is 5.11 Å². The van der Waals surface area contributed by atoms with E-state index in [1.54, 1.807) is 0 Å². The van der Waals surface area contributed by atoms with Gasteiger partial charge in [0, 0.05) is 4.91 Å². The van der Waals surface area contributed by atoms with Crippen molar-refractivity contribution in [1.29, 1.82) is 0 Å². The van der Waals surface area contributed by atoms with Crippen molar-refractivity contribution < 1.29 is 4.74 Å². The molecule has 4 heteroatoms. The van der Waals surface area contributed by atoms with Gasteiger partial charge in [-0.2, -0.15) is 0 Å². The summed E-state index contributed by atoms with van der Waals surface area (Å²) >= 11 is 0. The van der Waals surface area contributed by atoms with E-state index in [0.29, 0.717) is 13.2 Å². The molecule has 14 heavy (non-hydrogen) atoms. The fourth-order valence-electron chi connectivity index (χ4n) is 1.88. The number of ether oxygens (including phenoxy) is 1. The predicted molar refractivity (Wildman–Crippen MR) is 54.6 cm³/mol. The lowest BCUT2D eigenvalue weighted by Crippen LogP contribution is -2.34. The van der Waals surface area contributed by atoms with Crippen LogP contribution in [-0.2, 0) is 4.74 Å². The van der Waals surface area contributed by atoms with Crippen LogP contribution in [0.5, 0.6) is 0 Å². The third-order valence-corrected chi connectivity index (χ3v) is 2.60. The van der Waals surface area contributed by atoms with Gasteiger partial charge in [0.15, 0.2) is 0 Å². The molecule has 0 aliphatic heterocycles. The molecule has 1 fully saturated rings. The van der Waals surface area contributed by atoms with Crippen LogP contribution in [0.1, 0.15) is 32.1 Å². The molecule has 0 heterocycles. The summed E-state index contributed by atoms with van der Waals surface area (Å²) in [5, 5.41) is 3.87. The Kier molecular flexibility index (Phi) is 4.31. The van der Waals surface area contributed by atoms with Gasteiger partial charge in [0.1, 0.15) is 6.61 Å². The van der Waals surface area contributed by atoms with E-state index >= 15 is 0 Å². The topological polar surface area (TPSA) is 58.0 Å². The second-order valence-electron chi connectivity index (χ2n) is 3.67. The molecule has 0 aromatic carbocycles. The maximum atomic E-state index is 8.50. The highest BCUT2D eigenvalue weighted by Gasteiger charge is 2.31. The van der Waals surface area contributed by atoms with Gasteiger partial charge in [-0.05, 0) is 18.4 Å². The molecule has 4 nitrogen and oxygen atoms in total. The van der Waals surface area contributed by atoms with Crippen molar-refractivity contribution in [1.82, 2.24) is 0 Å². The van der Waals surface area contributed by atoms with Crippen molar-refractivity contribution in [3.05, 3.63) is 10.4 Å². The summed E-state index contributed by atoms with van der Waals surface area (Å²) in [6, 6.07) is 0. The molecule has 0 saturated heterocycles. The molecule has 76 valence electrons. The molecular formula is C10H15N3O. The van der Waals surface area contributed by atoms with E-state index in [0.717, 1.165) is 25.7 Å². The molecule has 1 aliphatic rings. The Morgan fingerprint density at radius 2 is 2.14 bits per heavy atom. The van der Waals surface area contributed by atoms with Gasteiger partial charge in [-0.1, -0.05) is 30.3 Å². The zero-order valence-electron chi connectivity index (χ0n) is 8.28. The zero-order chi connectivity index (χ0) is 10.3. The van der Waals surface area contributed by atoms with Gasteiger partial charge in [-0.15, -0.1) is 6.42 Å². The minimum Gasteiger partial charge on any atom is -0.368 e. The fourth-order valence-corrected chi connectivity index (χ4v) is 1.88. The molecule has 0 radical (unpaired) electrons. The van der Waals surface area contributed by atoms with Crippen molar-refractivity contribution in [2.45, 2.75) is 37.6 Å². The van der Waals surface area contributed by atoms with E-state index in [4.69, 9.17) is 16.7 Å². The van der Waals surface area contributed by atoms with Crippen molar-refractivity contribution in [2.75, 3.05) is 13.2 Å². The number of azide groups is 1. The van der Waals surface area contributed by atoms with Crippen molar-refractivity contribution in [3.8, 4) is 12.3 Å². The lowest BCUT2D eigenvalue weighted by Gasteiger charge is -2.31. The molecule has 0 bridgehead atoms. The van der Waals surface area contributed by atoms with E-state index in [1.165, 1.54) is 6.42 Å². The molecule has 0 aromatic rings. The third-order valence-electron chi connectivity index (χ3n) is 2.60.